The Kier molecular flexibility index (Phi) is 7.15. The number of piperidine rings is 1. The number of nitrogens with zero attached hydrogens (tertiary/aromatic N) is 3. The van der Waals surface area contributed by atoms with E-state index in [1.54, 1.807) is 11.8 Å². The highest BCUT2D eigenvalue weighted by Gasteiger charge is 2.16. The second-order valence-electron chi connectivity index (χ2n) is 7.78. The van der Waals surface area contributed by atoms with E-state index in [1.165, 1.54) is 35.3 Å². The summed E-state index contributed by atoms with van der Waals surface area (Å²) in [5, 5.41) is 11.7. The summed E-state index contributed by atoms with van der Waals surface area (Å²) in [6, 6.07) is 18.1. The fraction of sp³-hybridized carbons (Fsp3) is 0.348. The predicted octanol–water partition coefficient (Wildman–Crippen LogP) is 5.31. The molecule has 0 radical (unpaired) electrons. The van der Waals surface area contributed by atoms with E-state index in [0.717, 1.165) is 35.6 Å². The summed E-state index contributed by atoms with van der Waals surface area (Å²) in [4.78, 5) is 15.1. The van der Waals surface area contributed by atoms with Crippen LogP contribution in [0.3, 0.4) is 0 Å². The van der Waals surface area contributed by atoms with Crippen LogP contribution < -0.4 is 5.32 Å². The van der Waals surface area contributed by atoms with Crippen LogP contribution in [0, 0.1) is 5.92 Å². The van der Waals surface area contributed by atoms with Gasteiger partial charge in [-0.15, -0.1) is 10.2 Å². The average Bonchev–Trinajstić information content (AvgIpc) is 3.21. The van der Waals surface area contributed by atoms with E-state index in [0.29, 0.717) is 10.7 Å². The van der Waals surface area contributed by atoms with Crippen LogP contribution in [-0.4, -0.2) is 34.1 Å². The third kappa shape index (κ3) is 5.90. The van der Waals surface area contributed by atoms with Crippen molar-refractivity contribution < 1.29 is 4.79 Å². The summed E-state index contributed by atoms with van der Waals surface area (Å²) in [5.74, 6) is 1.45. The molecule has 0 bridgehead atoms. The Balaban J connectivity index is 1.29. The van der Waals surface area contributed by atoms with Gasteiger partial charge in [-0.25, -0.2) is 0 Å². The van der Waals surface area contributed by atoms with Crippen LogP contribution in [0.15, 0.2) is 58.9 Å². The van der Waals surface area contributed by atoms with Crippen molar-refractivity contribution in [2.24, 2.45) is 5.92 Å². The zero-order chi connectivity index (χ0) is 20.8. The largest absolute Gasteiger partial charge is 0.299 e. The van der Waals surface area contributed by atoms with Crippen molar-refractivity contribution in [3.8, 4) is 0 Å². The summed E-state index contributed by atoms with van der Waals surface area (Å²) in [5.41, 5.74) is 3.12. The van der Waals surface area contributed by atoms with Crippen LogP contribution in [0.5, 0.6) is 0 Å². The number of anilines is 1. The first-order valence-electron chi connectivity index (χ1n) is 10.3. The van der Waals surface area contributed by atoms with Gasteiger partial charge < -0.3 is 0 Å². The van der Waals surface area contributed by atoms with Crippen LogP contribution in [0.25, 0.3) is 0 Å². The number of hydrogen-bond acceptors (Lipinski definition) is 6. The Morgan fingerprint density at radius 2 is 1.93 bits per heavy atom. The molecule has 1 amide bonds. The molecule has 1 aliphatic rings. The second-order valence-corrected chi connectivity index (χ2v) is 9.98. The third-order valence-electron chi connectivity index (χ3n) is 5.20. The number of thioether (sulfide) groups is 1. The van der Waals surface area contributed by atoms with Crippen LogP contribution in [0.4, 0.5) is 5.13 Å². The highest BCUT2D eigenvalue weighted by atomic mass is 32.2. The molecule has 30 heavy (non-hydrogen) atoms. The lowest BCUT2D eigenvalue weighted by molar-refractivity contribution is 0.102. The first-order valence-corrected chi connectivity index (χ1v) is 12.1. The number of carbonyl (C=O) groups is 1. The van der Waals surface area contributed by atoms with E-state index in [4.69, 9.17) is 0 Å². The molecule has 2 heterocycles. The molecule has 1 atom stereocenters. The summed E-state index contributed by atoms with van der Waals surface area (Å²) < 4.78 is 0.847. The molecule has 2 aromatic carbocycles. The van der Waals surface area contributed by atoms with E-state index in [2.05, 4.69) is 51.6 Å². The minimum atomic E-state index is -0.149. The van der Waals surface area contributed by atoms with Crippen molar-refractivity contribution in [1.82, 2.24) is 15.1 Å². The van der Waals surface area contributed by atoms with Gasteiger partial charge in [-0.05, 0) is 48.6 Å². The van der Waals surface area contributed by atoms with Gasteiger partial charge in [-0.2, -0.15) is 0 Å². The molecule has 4 rings (SSSR count). The standard InChI is InChI=1S/C23H26N4OS2/c1-17-6-5-13-27(14-17)15-18-9-11-20(12-10-18)21(28)24-22-25-26-23(30-22)29-16-19-7-3-2-4-8-19/h2-4,7-12,17H,5-6,13-16H2,1H3,(H,24,25,28)/t17-/m0/s1. The number of benzene rings is 2. The number of aromatic nitrogens is 2. The topological polar surface area (TPSA) is 58.1 Å². The fourth-order valence-corrected chi connectivity index (χ4v) is 5.36. The number of rotatable bonds is 7. The zero-order valence-electron chi connectivity index (χ0n) is 17.1. The lowest BCUT2D eigenvalue weighted by Crippen LogP contribution is -2.33. The van der Waals surface area contributed by atoms with Crippen LogP contribution in [-0.2, 0) is 12.3 Å². The van der Waals surface area contributed by atoms with Gasteiger partial charge in [0.25, 0.3) is 5.91 Å². The van der Waals surface area contributed by atoms with Crippen molar-refractivity contribution in [3.63, 3.8) is 0 Å². The number of nitrogens with one attached hydrogen (secondary N) is 1. The Morgan fingerprint density at radius 3 is 2.70 bits per heavy atom. The molecule has 1 saturated heterocycles. The molecule has 5 nitrogen and oxygen atoms in total. The zero-order valence-corrected chi connectivity index (χ0v) is 18.7. The lowest BCUT2D eigenvalue weighted by Gasteiger charge is -2.30. The van der Waals surface area contributed by atoms with Crippen molar-refractivity contribution >= 4 is 34.1 Å². The smallest absolute Gasteiger partial charge is 0.257 e. The molecular weight excluding hydrogens is 412 g/mol. The molecular formula is C23H26N4OS2. The molecule has 0 aliphatic carbocycles. The molecule has 0 spiro atoms. The Morgan fingerprint density at radius 1 is 1.13 bits per heavy atom. The van der Waals surface area contributed by atoms with Crippen molar-refractivity contribution in [2.75, 3.05) is 18.4 Å². The predicted molar refractivity (Wildman–Crippen MR) is 124 cm³/mol. The minimum absolute atomic E-state index is 0.149. The van der Waals surface area contributed by atoms with Crippen molar-refractivity contribution in [1.29, 1.82) is 0 Å². The molecule has 0 saturated carbocycles. The number of likely N-dealkylation sites (tertiary alicyclic amines) is 1. The van der Waals surface area contributed by atoms with Gasteiger partial charge in [-0.3, -0.25) is 15.0 Å². The van der Waals surface area contributed by atoms with Gasteiger partial charge in [-0.1, -0.05) is 72.5 Å². The molecule has 7 heteroatoms. The Hall–Kier alpha value is -2.22. The molecule has 3 aromatic rings. The SMILES string of the molecule is C[C@H]1CCCN(Cc2ccc(C(=O)Nc3nnc(SCc4ccccc4)s3)cc2)C1. The van der Waals surface area contributed by atoms with Gasteiger partial charge in [0, 0.05) is 24.4 Å². The highest BCUT2D eigenvalue weighted by molar-refractivity contribution is 8.00. The van der Waals surface area contributed by atoms with Crippen molar-refractivity contribution in [3.05, 3.63) is 71.3 Å². The number of carbonyl (C=O) groups excluding carboxylic acids is 1. The van der Waals surface area contributed by atoms with Gasteiger partial charge in [0.15, 0.2) is 4.34 Å². The van der Waals surface area contributed by atoms with Crippen LogP contribution in [0.1, 0.15) is 41.3 Å². The molecule has 1 aromatic heterocycles. The maximum atomic E-state index is 12.6. The van der Waals surface area contributed by atoms with E-state index >= 15 is 0 Å². The maximum Gasteiger partial charge on any atom is 0.257 e. The number of hydrogen-bond donors (Lipinski definition) is 1. The van der Waals surface area contributed by atoms with E-state index in [1.807, 2.05) is 30.3 Å². The van der Waals surface area contributed by atoms with Gasteiger partial charge in [0.1, 0.15) is 0 Å². The lowest BCUT2D eigenvalue weighted by atomic mass is 9.99. The van der Waals surface area contributed by atoms with Crippen LogP contribution >= 0.6 is 23.1 Å². The molecule has 1 fully saturated rings. The Labute approximate surface area is 185 Å². The highest BCUT2D eigenvalue weighted by Crippen LogP contribution is 2.28. The van der Waals surface area contributed by atoms with E-state index in [9.17, 15) is 4.79 Å². The fourth-order valence-electron chi connectivity index (χ4n) is 3.66. The second kappa shape index (κ2) is 10.2. The van der Waals surface area contributed by atoms with Gasteiger partial charge in [0.2, 0.25) is 5.13 Å². The quantitative estimate of drug-likeness (QED) is 0.400. The summed E-state index contributed by atoms with van der Waals surface area (Å²) >= 11 is 3.03. The average molecular weight is 439 g/mol. The molecule has 1 aliphatic heterocycles. The van der Waals surface area contributed by atoms with E-state index < -0.39 is 0 Å². The maximum absolute atomic E-state index is 12.6. The first-order chi connectivity index (χ1) is 14.7. The van der Waals surface area contributed by atoms with Gasteiger partial charge >= 0.3 is 0 Å². The van der Waals surface area contributed by atoms with Crippen LogP contribution in [0.2, 0.25) is 0 Å². The third-order valence-corrected chi connectivity index (χ3v) is 7.24. The monoisotopic (exact) mass is 438 g/mol. The molecule has 0 unspecified atom stereocenters. The Bertz CT molecular complexity index is 959. The normalized spacial score (nSPS) is 17.0. The van der Waals surface area contributed by atoms with Gasteiger partial charge in [0.05, 0.1) is 0 Å². The first kappa shape index (κ1) is 21.0. The summed E-state index contributed by atoms with van der Waals surface area (Å²) in [6.45, 7) is 5.58. The molecule has 156 valence electrons. The number of amides is 1. The van der Waals surface area contributed by atoms with E-state index in [-0.39, 0.29) is 5.91 Å². The minimum Gasteiger partial charge on any atom is -0.299 e. The summed E-state index contributed by atoms with van der Waals surface area (Å²) in [7, 11) is 0. The summed E-state index contributed by atoms with van der Waals surface area (Å²) in [6.07, 6.45) is 2.60. The molecule has 1 N–H and O–H groups in total. The van der Waals surface area contributed by atoms with Crippen molar-refractivity contribution in [2.45, 2.75) is 36.4 Å².